The second-order valence-electron chi connectivity index (χ2n) is 2.20. The van der Waals surface area contributed by atoms with E-state index in [1.807, 2.05) is 0 Å². The third-order valence-corrected chi connectivity index (χ3v) is 1.87. The van der Waals surface area contributed by atoms with Crippen molar-refractivity contribution in [3.8, 4) is 0 Å². The molecular weight excluding hydrogens is 167 g/mol. The summed E-state index contributed by atoms with van der Waals surface area (Å²) in [5, 5.41) is 0.865. The lowest BCUT2D eigenvalue weighted by Crippen LogP contribution is -1.74. The van der Waals surface area contributed by atoms with Gasteiger partial charge in [-0.15, -0.1) is 0 Å². The van der Waals surface area contributed by atoms with Gasteiger partial charge in [0.15, 0.2) is 5.58 Å². The SMILES string of the molecule is Fc1ccc2ccoc2c1Cl. The average molecular weight is 171 g/mol. The van der Waals surface area contributed by atoms with Gasteiger partial charge < -0.3 is 4.42 Å². The van der Waals surface area contributed by atoms with Crippen molar-refractivity contribution in [2.45, 2.75) is 0 Å². The predicted octanol–water partition coefficient (Wildman–Crippen LogP) is 3.23. The van der Waals surface area contributed by atoms with Gasteiger partial charge in [-0.3, -0.25) is 0 Å². The molecule has 2 aromatic rings. The Morgan fingerprint density at radius 1 is 1.27 bits per heavy atom. The molecule has 0 bridgehead atoms. The van der Waals surface area contributed by atoms with E-state index in [0.29, 0.717) is 5.58 Å². The molecule has 0 amide bonds. The van der Waals surface area contributed by atoms with Crippen LogP contribution in [-0.2, 0) is 0 Å². The van der Waals surface area contributed by atoms with Crippen LogP contribution in [-0.4, -0.2) is 0 Å². The van der Waals surface area contributed by atoms with Gasteiger partial charge >= 0.3 is 0 Å². The molecule has 0 N–H and O–H groups in total. The van der Waals surface area contributed by atoms with Crippen LogP contribution in [0.25, 0.3) is 11.0 Å². The predicted molar refractivity (Wildman–Crippen MR) is 41.2 cm³/mol. The standard InChI is InChI=1S/C8H4ClFO/c9-7-6(10)2-1-5-3-4-11-8(5)7/h1-4H. The number of hydrogen-bond acceptors (Lipinski definition) is 1. The van der Waals surface area contributed by atoms with E-state index < -0.39 is 5.82 Å². The Morgan fingerprint density at radius 2 is 2.09 bits per heavy atom. The van der Waals surface area contributed by atoms with E-state index in [4.69, 9.17) is 16.0 Å². The normalized spacial score (nSPS) is 10.7. The minimum absolute atomic E-state index is 0.0486. The van der Waals surface area contributed by atoms with E-state index in [9.17, 15) is 4.39 Å². The van der Waals surface area contributed by atoms with Crippen LogP contribution in [0.3, 0.4) is 0 Å². The molecule has 2 rings (SSSR count). The summed E-state index contributed by atoms with van der Waals surface area (Å²) < 4.78 is 17.7. The van der Waals surface area contributed by atoms with Crippen molar-refractivity contribution in [3.05, 3.63) is 35.3 Å². The highest BCUT2D eigenvalue weighted by Gasteiger charge is 2.06. The Bertz CT molecular complexity index is 394. The van der Waals surface area contributed by atoms with E-state index in [1.165, 1.54) is 12.3 Å². The van der Waals surface area contributed by atoms with Crippen LogP contribution in [0.1, 0.15) is 0 Å². The number of halogens is 2. The van der Waals surface area contributed by atoms with Gasteiger partial charge in [-0.1, -0.05) is 11.6 Å². The molecule has 0 saturated heterocycles. The molecule has 0 radical (unpaired) electrons. The fraction of sp³-hybridized carbons (Fsp3) is 0. The van der Waals surface area contributed by atoms with Crippen molar-refractivity contribution in [2.75, 3.05) is 0 Å². The number of fused-ring (bicyclic) bond motifs is 1. The van der Waals surface area contributed by atoms with Crippen molar-refractivity contribution >= 4 is 22.6 Å². The van der Waals surface area contributed by atoms with Crippen molar-refractivity contribution in [1.82, 2.24) is 0 Å². The van der Waals surface area contributed by atoms with Gasteiger partial charge in [-0.2, -0.15) is 0 Å². The molecule has 11 heavy (non-hydrogen) atoms. The Hall–Kier alpha value is -1.02. The van der Waals surface area contributed by atoms with Crippen molar-refractivity contribution < 1.29 is 8.81 Å². The zero-order valence-corrected chi connectivity index (χ0v) is 6.23. The molecule has 3 heteroatoms. The van der Waals surface area contributed by atoms with Crippen LogP contribution in [0, 0.1) is 5.82 Å². The van der Waals surface area contributed by atoms with Crippen LogP contribution >= 0.6 is 11.6 Å². The Balaban J connectivity index is 2.93. The van der Waals surface area contributed by atoms with Gasteiger partial charge in [0.25, 0.3) is 0 Å². The first-order valence-electron chi connectivity index (χ1n) is 3.10. The Kier molecular flexibility index (Phi) is 1.36. The van der Waals surface area contributed by atoms with E-state index in [2.05, 4.69) is 0 Å². The van der Waals surface area contributed by atoms with Crippen LogP contribution in [0.2, 0.25) is 5.02 Å². The molecule has 0 aliphatic heterocycles. The summed E-state index contributed by atoms with van der Waals surface area (Å²) in [7, 11) is 0. The Labute approximate surface area is 67.4 Å². The summed E-state index contributed by atoms with van der Waals surface area (Å²) >= 11 is 5.60. The smallest absolute Gasteiger partial charge is 0.155 e. The Morgan fingerprint density at radius 3 is 2.91 bits per heavy atom. The molecule has 0 unspecified atom stereocenters. The molecular formula is C8H4ClFO. The van der Waals surface area contributed by atoms with Gasteiger partial charge in [0.1, 0.15) is 10.8 Å². The lowest BCUT2D eigenvalue weighted by Gasteiger charge is -1.92. The van der Waals surface area contributed by atoms with Crippen LogP contribution in [0.15, 0.2) is 28.9 Å². The summed E-state index contributed by atoms with van der Waals surface area (Å²) in [6, 6.07) is 4.68. The zero-order valence-electron chi connectivity index (χ0n) is 5.47. The van der Waals surface area contributed by atoms with E-state index >= 15 is 0 Å². The lowest BCUT2D eigenvalue weighted by atomic mass is 10.2. The molecule has 0 aliphatic carbocycles. The highest BCUT2D eigenvalue weighted by Crippen LogP contribution is 2.26. The van der Waals surface area contributed by atoms with E-state index in [-0.39, 0.29) is 5.02 Å². The van der Waals surface area contributed by atoms with Crippen LogP contribution < -0.4 is 0 Å². The molecule has 56 valence electrons. The lowest BCUT2D eigenvalue weighted by molar-refractivity contribution is 0.599. The van der Waals surface area contributed by atoms with Gasteiger partial charge in [0.2, 0.25) is 0 Å². The number of rotatable bonds is 0. The summed E-state index contributed by atoms with van der Waals surface area (Å²) in [6.45, 7) is 0. The molecule has 0 aliphatic rings. The molecule has 0 fully saturated rings. The first-order valence-corrected chi connectivity index (χ1v) is 3.48. The number of benzene rings is 1. The first-order chi connectivity index (χ1) is 5.29. The molecule has 1 aromatic carbocycles. The van der Waals surface area contributed by atoms with Gasteiger partial charge in [0, 0.05) is 5.39 Å². The highest BCUT2D eigenvalue weighted by molar-refractivity contribution is 6.34. The van der Waals surface area contributed by atoms with Crippen LogP contribution in [0.4, 0.5) is 4.39 Å². The average Bonchev–Trinajstić information content (AvgIpc) is 2.45. The second-order valence-corrected chi connectivity index (χ2v) is 2.58. The monoisotopic (exact) mass is 170 g/mol. The maximum Gasteiger partial charge on any atom is 0.155 e. The third kappa shape index (κ3) is 0.906. The molecule has 0 atom stereocenters. The van der Waals surface area contributed by atoms with Gasteiger partial charge in [0.05, 0.1) is 6.26 Å². The minimum atomic E-state index is -0.450. The molecule has 1 heterocycles. The van der Waals surface area contributed by atoms with E-state index in [1.54, 1.807) is 12.1 Å². The van der Waals surface area contributed by atoms with Crippen molar-refractivity contribution in [1.29, 1.82) is 0 Å². The fourth-order valence-corrected chi connectivity index (χ4v) is 1.19. The highest BCUT2D eigenvalue weighted by atomic mass is 35.5. The summed E-state index contributed by atoms with van der Waals surface area (Å²) in [4.78, 5) is 0. The second kappa shape index (κ2) is 2.24. The summed E-state index contributed by atoms with van der Waals surface area (Å²) in [5.74, 6) is -0.450. The van der Waals surface area contributed by atoms with Crippen LogP contribution in [0.5, 0.6) is 0 Å². The van der Waals surface area contributed by atoms with E-state index in [0.717, 1.165) is 5.39 Å². The number of hydrogen-bond donors (Lipinski definition) is 0. The zero-order chi connectivity index (χ0) is 7.84. The molecule has 0 spiro atoms. The molecule has 1 nitrogen and oxygen atoms in total. The van der Waals surface area contributed by atoms with Crippen molar-refractivity contribution in [2.24, 2.45) is 0 Å². The van der Waals surface area contributed by atoms with Gasteiger partial charge in [-0.25, -0.2) is 4.39 Å². The maximum absolute atomic E-state index is 12.7. The topological polar surface area (TPSA) is 13.1 Å². The maximum atomic E-state index is 12.7. The number of furan rings is 1. The quantitative estimate of drug-likeness (QED) is 0.592. The van der Waals surface area contributed by atoms with Gasteiger partial charge in [-0.05, 0) is 18.2 Å². The summed E-state index contributed by atoms with van der Waals surface area (Å²) in [6.07, 6.45) is 1.48. The van der Waals surface area contributed by atoms with Crippen molar-refractivity contribution in [3.63, 3.8) is 0 Å². The largest absolute Gasteiger partial charge is 0.463 e. The summed E-state index contributed by atoms with van der Waals surface area (Å²) in [5.41, 5.74) is 0.409. The molecule has 0 saturated carbocycles. The third-order valence-electron chi connectivity index (χ3n) is 1.51. The minimum Gasteiger partial charge on any atom is -0.463 e. The molecule has 1 aromatic heterocycles. The fourth-order valence-electron chi connectivity index (χ4n) is 0.973. The first kappa shape index (κ1) is 6.68.